The van der Waals surface area contributed by atoms with E-state index in [-0.39, 0.29) is 6.79 Å². The number of ether oxygens (including phenoxy) is 2. The molecule has 0 aliphatic carbocycles. The van der Waals surface area contributed by atoms with Crippen LogP contribution in [0.2, 0.25) is 35.7 Å². The molecule has 1 N–H and O–H groups in total. The van der Waals surface area contributed by atoms with Crippen molar-refractivity contribution in [3.05, 3.63) is 27.7 Å². The smallest absolute Gasteiger partial charge is 0.189 e. The highest BCUT2D eigenvalue weighted by Crippen LogP contribution is 2.40. The molecule has 0 spiro atoms. The molecule has 0 saturated carbocycles. The number of rotatable bonds is 7. The molecule has 1 heterocycles. The molecule has 6 heteroatoms. The van der Waals surface area contributed by atoms with Gasteiger partial charge >= 0.3 is 0 Å². The van der Waals surface area contributed by atoms with E-state index in [1.54, 1.807) is 6.07 Å². The van der Waals surface area contributed by atoms with Gasteiger partial charge in [0.2, 0.25) is 0 Å². The van der Waals surface area contributed by atoms with Crippen molar-refractivity contribution < 1.29 is 9.47 Å². The molecule has 0 amide bonds. The Morgan fingerprint density at radius 3 is 2.68 bits per heavy atom. The Labute approximate surface area is 144 Å². The van der Waals surface area contributed by atoms with Crippen LogP contribution in [0.5, 0.6) is 5.75 Å². The monoisotopic (exact) mass is 361 g/mol. The molecule has 124 valence electrons. The lowest BCUT2D eigenvalue weighted by atomic mass is 9.97. The second kappa shape index (κ2) is 8.02. The third kappa shape index (κ3) is 5.13. The first-order valence-electron chi connectivity index (χ1n) is 7.77. The molecule has 2 rings (SSSR count). The van der Waals surface area contributed by atoms with E-state index in [2.05, 4.69) is 25.0 Å². The summed E-state index contributed by atoms with van der Waals surface area (Å²) in [7, 11) is -1.06. The van der Waals surface area contributed by atoms with Crippen molar-refractivity contribution in [1.29, 1.82) is 0 Å². The van der Waals surface area contributed by atoms with Crippen LogP contribution in [0, 0.1) is 0 Å². The van der Waals surface area contributed by atoms with Crippen LogP contribution in [0.3, 0.4) is 0 Å². The van der Waals surface area contributed by atoms with Crippen molar-refractivity contribution >= 4 is 31.3 Å². The molecule has 1 aromatic rings. The third-order valence-corrected chi connectivity index (χ3v) is 6.38. The van der Waals surface area contributed by atoms with E-state index < -0.39 is 8.07 Å². The van der Waals surface area contributed by atoms with Gasteiger partial charge in [0.25, 0.3) is 0 Å². The summed E-state index contributed by atoms with van der Waals surface area (Å²) in [5.74, 6) is 1.14. The molecular formula is C16H25Cl2NO2Si. The Morgan fingerprint density at radius 1 is 1.27 bits per heavy atom. The number of hydrogen-bond acceptors (Lipinski definition) is 3. The van der Waals surface area contributed by atoms with Gasteiger partial charge in [-0.05, 0) is 31.1 Å². The maximum atomic E-state index is 6.40. The Morgan fingerprint density at radius 2 is 2.05 bits per heavy atom. The summed E-state index contributed by atoms with van der Waals surface area (Å²) in [6.07, 6.45) is 1.05. The largest absolute Gasteiger partial charge is 0.467 e. The summed E-state index contributed by atoms with van der Waals surface area (Å²) in [4.78, 5) is 0. The molecule has 0 radical (unpaired) electrons. The SMILES string of the molecule is C[Si](C)(C)CCOCOc1ccc(Cl)c(Cl)c1[C@@H]1CCNC1. The molecule has 3 nitrogen and oxygen atoms in total. The van der Waals surface area contributed by atoms with Gasteiger partial charge in [0.05, 0.1) is 10.0 Å². The van der Waals surface area contributed by atoms with Gasteiger partial charge < -0.3 is 14.8 Å². The normalized spacial score (nSPS) is 18.7. The minimum atomic E-state index is -1.06. The first-order valence-corrected chi connectivity index (χ1v) is 12.2. The minimum absolute atomic E-state index is 0.260. The average Bonchev–Trinajstić information content (AvgIpc) is 2.95. The molecule has 1 fully saturated rings. The summed E-state index contributed by atoms with van der Waals surface area (Å²) < 4.78 is 11.4. The van der Waals surface area contributed by atoms with Crippen molar-refractivity contribution in [3.8, 4) is 5.75 Å². The lowest BCUT2D eigenvalue weighted by Gasteiger charge is -2.19. The van der Waals surface area contributed by atoms with Gasteiger partial charge in [0, 0.05) is 32.7 Å². The summed E-state index contributed by atoms with van der Waals surface area (Å²) in [6.45, 7) is 9.92. The van der Waals surface area contributed by atoms with Gasteiger partial charge in [-0.2, -0.15) is 0 Å². The van der Waals surface area contributed by atoms with Crippen LogP contribution < -0.4 is 10.1 Å². The lowest BCUT2D eigenvalue weighted by molar-refractivity contribution is 0.0213. The van der Waals surface area contributed by atoms with Crippen LogP contribution in [-0.2, 0) is 4.74 Å². The quantitative estimate of drug-likeness (QED) is 0.431. The molecule has 1 aliphatic heterocycles. The van der Waals surface area contributed by atoms with Gasteiger partial charge in [0.1, 0.15) is 5.75 Å². The van der Waals surface area contributed by atoms with E-state index >= 15 is 0 Å². The van der Waals surface area contributed by atoms with Crippen molar-refractivity contribution in [3.63, 3.8) is 0 Å². The Balaban J connectivity index is 1.97. The van der Waals surface area contributed by atoms with Gasteiger partial charge in [-0.1, -0.05) is 42.8 Å². The van der Waals surface area contributed by atoms with Crippen LogP contribution >= 0.6 is 23.2 Å². The fraction of sp³-hybridized carbons (Fsp3) is 0.625. The zero-order chi connectivity index (χ0) is 16.2. The first-order chi connectivity index (χ1) is 10.4. The molecule has 1 aliphatic rings. The van der Waals surface area contributed by atoms with E-state index in [0.29, 0.717) is 16.0 Å². The topological polar surface area (TPSA) is 30.5 Å². The van der Waals surface area contributed by atoms with Crippen molar-refractivity contribution in [2.24, 2.45) is 0 Å². The molecule has 1 saturated heterocycles. The predicted octanol–water partition coefficient (Wildman–Crippen LogP) is 4.76. The van der Waals surface area contributed by atoms with Crippen LogP contribution in [0.4, 0.5) is 0 Å². The maximum Gasteiger partial charge on any atom is 0.189 e. The number of benzene rings is 1. The number of nitrogens with one attached hydrogen (secondary N) is 1. The second-order valence-electron chi connectivity index (χ2n) is 6.94. The molecule has 0 unspecified atom stereocenters. The zero-order valence-corrected chi connectivity index (χ0v) is 16.1. The third-order valence-electron chi connectivity index (χ3n) is 3.86. The van der Waals surface area contributed by atoms with Gasteiger partial charge in [-0.3, -0.25) is 0 Å². The predicted molar refractivity (Wildman–Crippen MR) is 96.3 cm³/mol. The highest BCUT2D eigenvalue weighted by molar-refractivity contribution is 6.76. The Kier molecular flexibility index (Phi) is 6.59. The summed E-state index contributed by atoms with van der Waals surface area (Å²) in [6, 6.07) is 4.81. The van der Waals surface area contributed by atoms with Crippen LogP contribution in [0.15, 0.2) is 12.1 Å². The van der Waals surface area contributed by atoms with Crippen molar-refractivity contribution in [2.75, 3.05) is 26.5 Å². The van der Waals surface area contributed by atoms with E-state index in [9.17, 15) is 0 Å². The van der Waals surface area contributed by atoms with E-state index in [1.807, 2.05) is 6.07 Å². The first kappa shape index (κ1) is 18.1. The van der Waals surface area contributed by atoms with Gasteiger partial charge in [0.15, 0.2) is 6.79 Å². The van der Waals surface area contributed by atoms with E-state index in [1.165, 1.54) is 0 Å². The van der Waals surface area contributed by atoms with Gasteiger partial charge in [-0.25, -0.2) is 0 Å². The summed E-state index contributed by atoms with van der Waals surface area (Å²) in [5.41, 5.74) is 1.01. The van der Waals surface area contributed by atoms with Gasteiger partial charge in [-0.15, -0.1) is 0 Å². The maximum absolute atomic E-state index is 6.40. The second-order valence-corrected chi connectivity index (χ2v) is 13.4. The molecule has 0 bridgehead atoms. The fourth-order valence-electron chi connectivity index (χ4n) is 2.50. The van der Waals surface area contributed by atoms with Crippen LogP contribution in [0.25, 0.3) is 0 Å². The fourth-order valence-corrected chi connectivity index (χ4v) is 3.73. The lowest BCUT2D eigenvalue weighted by Crippen LogP contribution is -2.22. The Bertz CT molecular complexity index is 500. The van der Waals surface area contributed by atoms with E-state index in [4.69, 9.17) is 32.7 Å². The van der Waals surface area contributed by atoms with Crippen LogP contribution in [0.1, 0.15) is 17.9 Å². The molecule has 1 atom stereocenters. The van der Waals surface area contributed by atoms with Crippen molar-refractivity contribution in [1.82, 2.24) is 5.32 Å². The minimum Gasteiger partial charge on any atom is -0.467 e. The summed E-state index contributed by atoms with van der Waals surface area (Å²) >= 11 is 12.6. The van der Waals surface area contributed by atoms with E-state index in [0.717, 1.165) is 43.5 Å². The van der Waals surface area contributed by atoms with Crippen molar-refractivity contribution in [2.45, 2.75) is 38.0 Å². The molecule has 0 aromatic heterocycles. The highest BCUT2D eigenvalue weighted by atomic mass is 35.5. The number of hydrogen-bond donors (Lipinski definition) is 1. The molecular weight excluding hydrogens is 337 g/mol. The Hall–Kier alpha value is -0.263. The summed E-state index contributed by atoms with van der Waals surface area (Å²) in [5, 5.41) is 4.54. The standard InChI is InChI=1S/C16H25Cl2NO2Si/c1-22(2,3)9-8-20-11-21-14-5-4-13(17)16(18)15(14)12-6-7-19-10-12/h4-5,12,19H,6-11H2,1-3H3/t12-/m1/s1. The zero-order valence-electron chi connectivity index (χ0n) is 13.5. The average molecular weight is 362 g/mol. The highest BCUT2D eigenvalue weighted by Gasteiger charge is 2.24. The number of halogens is 2. The molecule has 22 heavy (non-hydrogen) atoms. The van der Waals surface area contributed by atoms with Crippen LogP contribution in [-0.4, -0.2) is 34.6 Å². The molecule has 1 aromatic carbocycles.